The number of rotatable bonds is 5. The van der Waals surface area contributed by atoms with Crippen molar-refractivity contribution in [3.8, 4) is 0 Å². The highest BCUT2D eigenvalue weighted by Gasteiger charge is 2.30. The molecule has 3 heterocycles. The molecule has 0 fully saturated rings. The molecule has 128 valence electrons. The van der Waals surface area contributed by atoms with Crippen LogP contribution in [0.5, 0.6) is 0 Å². The Morgan fingerprint density at radius 1 is 1.54 bits per heavy atom. The summed E-state index contributed by atoms with van der Waals surface area (Å²) in [6.07, 6.45) is 2.47. The SMILES string of the molecule is C=CCn1c(SCC(=C)C)nc2c(=O)c3c(sc21)COC(C)(C)C3. The van der Waals surface area contributed by atoms with Crippen LogP contribution in [-0.4, -0.2) is 20.9 Å². The Labute approximate surface area is 150 Å². The molecule has 0 aliphatic carbocycles. The highest BCUT2D eigenvalue weighted by molar-refractivity contribution is 7.99. The molecule has 1 aliphatic rings. The minimum absolute atomic E-state index is 0.0510. The number of fused-ring (bicyclic) bond motifs is 2. The van der Waals surface area contributed by atoms with Crippen LogP contribution in [0.25, 0.3) is 10.3 Å². The first kappa shape index (κ1) is 17.5. The molecule has 1 aliphatic heterocycles. The first-order valence-corrected chi connectivity index (χ1v) is 9.69. The molecule has 0 amide bonds. The molecule has 24 heavy (non-hydrogen) atoms. The van der Waals surface area contributed by atoms with Crippen LogP contribution in [0, 0.1) is 0 Å². The average Bonchev–Trinajstić information content (AvgIpc) is 2.85. The van der Waals surface area contributed by atoms with Crippen molar-refractivity contribution in [1.29, 1.82) is 0 Å². The number of imidazole rings is 1. The normalized spacial score (nSPS) is 16.1. The molecular weight excluding hydrogens is 340 g/mol. The van der Waals surface area contributed by atoms with Crippen molar-refractivity contribution in [2.24, 2.45) is 0 Å². The molecule has 2 aromatic heterocycles. The summed E-state index contributed by atoms with van der Waals surface area (Å²) in [5, 5.41) is 0.851. The van der Waals surface area contributed by atoms with Gasteiger partial charge in [-0.15, -0.1) is 17.9 Å². The van der Waals surface area contributed by atoms with Gasteiger partial charge in [-0.2, -0.15) is 0 Å². The standard InChI is InChI=1S/C18H22N2O2S2/c1-6-7-20-16-14(19-17(20)23-10-11(2)3)15(21)12-8-18(4,5)22-9-13(12)24-16/h6H,1-2,7-10H2,3-5H3. The third-order valence-electron chi connectivity index (χ3n) is 3.89. The third kappa shape index (κ3) is 3.23. The molecule has 0 unspecified atom stereocenters. The van der Waals surface area contributed by atoms with Gasteiger partial charge in [0.05, 0.1) is 12.2 Å². The number of aromatic nitrogens is 2. The third-order valence-corrected chi connectivity index (χ3v) is 6.31. The number of thioether (sulfide) groups is 1. The number of allylic oxidation sites excluding steroid dienone is 1. The minimum atomic E-state index is -0.298. The fourth-order valence-electron chi connectivity index (χ4n) is 2.74. The van der Waals surface area contributed by atoms with Crippen LogP contribution in [0.1, 0.15) is 31.2 Å². The van der Waals surface area contributed by atoms with Gasteiger partial charge in [0.1, 0.15) is 10.3 Å². The summed E-state index contributed by atoms with van der Waals surface area (Å²) in [4.78, 5) is 19.6. The molecule has 2 aromatic rings. The predicted octanol–water partition coefficient (Wildman–Crippen LogP) is 4.16. The lowest BCUT2D eigenvalue weighted by atomic mass is 9.96. The highest BCUT2D eigenvalue weighted by atomic mass is 32.2. The lowest BCUT2D eigenvalue weighted by molar-refractivity contribution is -0.0386. The average molecular weight is 363 g/mol. The molecule has 0 aromatic carbocycles. The van der Waals surface area contributed by atoms with E-state index in [2.05, 4.69) is 22.7 Å². The summed E-state index contributed by atoms with van der Waals surface area (Å²) in [6, 6.07) is 0. The molecule has 0 radical (unpaired) electrons. The predicted molar refractivity (Wildman–Crippen MR) is 102 cm³/mol. The second-order valence-electron chi connectivity index (χ2n) is 6.75. The zero-order valence-electron chi connectivity index (χ0n) is 14.3. The van der Waals surface area contributed by atoms with E-state index < -0.39 is 0 Å². The van der Waals surface area contributed by atoms with Gasteiger partial charge < -0.3 is 9.30 Å². The van der Waals surface area contributed by atoms with Gasteiger partial charge in [0.2, 0.25) is 5.43 Å². The Bertz CT molecular complexity index is 877. The van der Waals surface area contributed by atoms with E-state index in [1.807, 2.05) is 26.8 Å². The number of hydrogen-bond donors (Lipinski definition) is 0. The van der Waals surface area contributed by atoms with E-state index in [-0.39, 0.29) is 11.0 Å². The van der Waals surface area contributed by atoms with Crippen molar-refractivity contribution < 1.29 is 4.74 Å². The number of nitrogens with zero attached hydrogens (tertiary/aromatic N) is 2. The number of hydrogen-bond acceptors (Lipinski definition) is 5. The van der Waals surface area contributed by atoms with E-state index in [1.54, 1.807) is 23.1 Å². The lowest BCUT2D eigenvalue weighted by Crippen LogP contribution is -2.34. The maximum atomic E-state index is 13.0. The van der Waals surface area contributed by atoms with Gasteiger partial charge in [0, 0.05) is 29.2 Å². The molecule has 0 spiro atoms. The monoisotopic (exact) mass is 362 g/mol. The zero-order chi connectivity index (χ0) is 17.5. The second kappa shape index (κ2) is 6.50. The maximum absolute atomic E-state index is 13.0. The van der Waals surface area contributed by atoms with Gasteiger partial charge in [-0.3, -0.25) is 4.79 Å². The molecule has 0 saturated carbocycles. The first-order valence-electron chi connectivity index (χ1n) is 7.89. The molecule has 0 bridgehead atoms. The van der Waals surface area contributed by atoms with Crippen LogP contribution in [0.4, 0.5) is 0 Å². The van der Waals surface area contributed by atoms with Crippen LogP contribution in [-0.2, 0) is 24.3 Å². The van der Waals surface area contributed by atoms with E-state index >= 15 is 0 Å². The zero-order valence-corrected chi connectivity index (χ0v) is 16.0. The van der Waals surface area contributed by atoms with Gasteiger partial charge >= 0.3 is 0 Å². The molecule has 0 N–H and O–H groups in total. The van der Waals surface area contributed by atoms with Crippen LogP contribution in [0.3, 0.4) is 0 Å². The van der Waals surface area contributed by atoms with E-state index in [1.165, 1.54) is 0 Å². The van der Waals surface area contributed by atoms with Gasteiger partial charge in [-0.05, 0) is 20.8 Å². The Morgan fingerprint density at radius 2 is 2.29 bits per heavy atom. The summed E-state index contributed by atoms with van der Waals surface area (Å²) in [6.45, 7) is 14.9. The van der Waals surface area contributed by atoms with E-state index in [9.17, 15) is 4.79 Å². The van der Waals surface area contributed by atoms with Crippen molar-refractivity contribution in [3.05, 3.63) is 45.5 Å². The topological polar surface area (TPSA) is 44.1 Å². The molecule has 4 nitrogen and oxygen atoms in total. The van der Waals surface area contributed by atoms with Crippen LogP contribution >= 0.6 is 23.1 Å². The van der Waals surface area contributed by atoms with Crippen molar-refractivity contribution >= 4 is 33.4 Å². The van der Waals surface area contributed by atoms with E-state index in [0.717, 1.165) is 31.8 Å². The van der Waals surface area contributed by atoms with Gasteiger partial charge in [0.15, 0.2) is 5.16 Å². The molecule has 0 saturated heterocycles. The fraction of sp³-hybridized carbons (Fsp3) is 0.444. The molecule has 3 rings (SSSR count). The van der Waals surface area contributed by atoms with Crippen molar-refractivity contribution in [3.63, 3.8) is 0 Å². The van der Waals surface area contributed by atoms with E-state index in [4.69, 9.17) is 4.74 Å². The summed E-state index contributed by atoms with van der Waals surface area (Å²) < 4.78 is 7.96. The first-order chi connectivity index (χ1) is 11.3. The largest absolute Gasteiger partial charge is 0.370 e. The van der Waals surface area contributed by atoms with Gasteiger partial charge in [-0.25, -0.2) is 4.98 Å². The Balaban J connectivity index is 2.17. The summed E-state index contributed by atoms with van der Waals surface area (Å²) in [5.74, 6) is 0.787. The second-order valence-corrected chi connectivity index (χ2v) is 8.78. The molecule has 0 atom stereocenters. The van der Waals surface area contributed by atoms with Gasteiger partial charge in [0.25, 0.3) is 0 Å². The smallest absolute Gasteiger partial charge is 0.211 e. The van der Waals surface area contributed by atoms with Gasteiger partial charge in [-0.1, -0.05) is 30.0 Å². The van der Waals surface area contributed by atoms with Crippen LogP contribution in [0.15, 0.2) is 34.8 Å². The van der Waals surface area contributed by atoms with Crippen LogP contribution < -0.4 is 5.43 Å². The molecular formula is C18H22N2O2S2. The Hall–Kier alpha value is -1.37. The summed E-state index contributed by atoms with van der Waals surface area (Å²) >= 11 is 3.23. The Kier molecular flexibility index (Phi) is 4.73. The van der Waals surface area contributed by atoms with Crippen LogP contribution in [0.2, 0.25) is 0 Å². The van der Waals surface area contributed by atoms with E-state index in [0.29, 0.717) is 25.1 Å². The lowest BCUT2D eigenvalue weighted by Gasteiger charge is -2.30. The van der Waals surface area contributed by atoms with Crippen molar-refractivity contribution in [2.75, 3.05) is 5.75 Å². The van der Waals surface area contributed by atoms with Crippen molar-refractivity contribution in [1.82, 2.24) is 9.55 Å². The quantitative estimate of drug-likeness (QED) is 0.592. The van der Waals surface area contributed by atoms with Crippen molar-refractivity contribution in [2.45, 2.75) is 51.1 Å². The highest BCUT2D eigenvalue weighted by Crippen LogP contribution is 2.33. The Morgan fingerprint density at radius 3 is 2.96 bits per heavy atom. The number of ether oxygens (including phenoxy) is 1. The summed E-state index contributed by atoms with van der Waals surface area (Å²) in [7, 11) is 0. The fourth-order valence-corrected chi connectivity index (χ4v) is 4.80. The summed E-state index contributed by atoms with van der Waals surface area (Å²) in [5.41, 5.74) is 2.27. The molecule has 6 heteroatoms. The maximum Gasteiger partial charge on any atom is 0.211 e. The minimum Gasteiger partial charge on any atom is -0.370 e.